The molecule has 0 bridgehead atoms. The van der Waals surface area contributed by atoms with E-state index >= 15 is 0 Å². The third-order valence-corrected chi connectivity index (χ3v) is 4.04. The van der Waals surface area contributed by atoms with Gasteiger partial charge in [-0.05, 0) is 32.7 Å². The Kier molecular flexibility index (Phi) is 2.61. The maximum atomic E-state index is 2.57. The van der Waals surface area contributed by atoms with Gasteiger partial charge in [-0.1, -0.05) is 0 Å². The van der Waals surface area contributed by atoms with Gasteiger partial charge in [-0.3, -0.25) is 4.90 Å². The zero-order valence-electron chi connectivity index (χ0n) is 9.13. The van der Waals surface area contributed by atoms with Crippen molar-refractivity contribution < 1.29 is 4.48 Å². The molecule has 2 rings (SSSR count). The molecular formula is C11H23N2+. The van der Waals surface area contributed by atoms with Crippen LogP contribution in [-0.2, 0) is 0 Å². The van der Waals surface area contributed by atoms with Gasteiger partial charge in [0.2, 0.25) is 0 Å². The molecule has 0 aromatic carbocycles. The molecule has 0 N–H and O–H groups in total. The molecule has 13 heavy (non-hydrogen) atoms. The van der Waals surface area contributed by atoms with Gasteiger partial charge in [-0.15, -0.1) is 0 Å². The summed E-state index contributed by atoms with van der Waals surface area (Å²) < 4.78 is 1.33. The molecule has 76 valence electrons. The highest BCUT2D eigenvalue weighted by molar-refractivity contribution is 4.70. The van der Waals surface area contributed by atoms with E-state index in [1.54, 1.807) is 0 Å². The van der Waals surface area contributed by atoms with Gasteiger partial charge in [0.05, 0.1) is 20.1 Å². The summed E-state index contributed by atoms with van der Waals surface area (Å²) in [6, 6.07) is 0. The number of hydrogen-bond acceptors (Lipinski definition) is 1. The van der Waals surface area contributed by atoms with E-state index < -0.39 is 0 Å². The molecule has 2 heterocycles. The van der Waals surface area contributed by atoms with Crippen LogP contribution in [-0.4, -0.2) is 49.3 Å². The van der Waals surface area contributed by atoms with Gasteiger partial charge >= 0.3 is 0 Å². The van der Waals surface area contributed by atoms with Gasteiger partial charge in [-0.25, -0.2) is 0 Å². The second kappa shape index (κ2) is 3.58. The predicted octanol–water partition coefficient (Wildman–Crippen LogP) is 1.67. The van der Waals surface area contributed by atoms with Crippen LogP contribution in [0.4, 0.5) is 0 Å². The van der Waals surface area contributed by atoms with Crippen molar-refractivity contribution in [3.8, 4) is 0 Å². The summed E-state index contributed by atoms with van der Waals surface area (Å²) in [6.07, 6.45) is 8.02. The highest BCUT2D eigenvalue weighted by Crippen LogP contribution is 2.28. The fourth-order valence-electron chi connectivity index (χ4n) is 3.21. The molecule has 0 saturated carbocycles. The normalized spacial score (nSPS) is 35.1. The minimum absolute atomic E-state index is 0.834. The van der Waals surface area contributed by atoms with Crippen molar-refractivity contribution in [1.29, 1.82) is 0 Å². The van der Waals surface area contributed by atoms with Crippen molar-refractivity contribution in [1.82, 2.24) is 4.90 Å². The molecule has 2 heteroatoms. The van der Waals surface area contributed by atoms with Crippen LogP contribution in [0.1, 0.15) is 32.1 Å². The lowest BCUT2D eigenvalue weighted by Crippen LogP contribution is -2.58. The largest absolute Gasteiger partial charge is 0.311 e. The number of likely N-dealkylation sites (tertiary alicyclic amines) is 2. The monoisotopic (exact) mass is 183 g/mol. The molecule has 0 radical (unpaired) electrons. The van der Waals surface area contributed by atoms with E-state index in [1.807, 2.05) is 0 Å². The molecule has 0 aromatic rings. The Bertz CT molecular complexity index is 173. The first-order valence-electron chi connectivity index (χ1n) is 5.77. The Morgan fingerprint density at radius 1 is 1.08 bits per heavy atom. The average Bonchev–Trinajstić information content (AvgIpc) is 2.53. The maximum absolute atomic E-state index is 2.57. The summed E-state index contributed by atoms with van der Waals surface area (Å²) in [5.41, 5.74) is 0. The van der Waals surface area contributed by atoms with Crippen LogP contribution in [0, 0.1) is 0 Å². The van der Waals surface area contributed by atoms with Crippen LogP contribution >= 0.6 is 0 Å². The lowest BCUT2D eigenvalue weighted by atomic mass is 10.1. The number of piperidine rings is 1. The van der Waals surface area contributed by atoms with Crippen LogP contribution in [0.5, 0.6) is 0 Å². The number of nitrogens with zero attached hydrogens (tertiary/aromatic N) is 2. The SMILES string of the molecule is CN1CCCC1[N+]1(C)CCCCC1. The zero-order valence-corrected chi connectivity index (χ0v) is 9.13. The van der Waals surface area contributed by atoms with Crippen LogP contribution < -0.4 is 0 Å². The van der Waals surface area contributed by atoms with Crippen molar-refractivity contribution in [3.05, 3.63) is 0 Å². The van der Waals surface area contributed by atoms with Gasteiger partial charge in [0.15, 0.2) is 0 Å². The third kappa shape index (κ3) is 1.75. The van der Waals surface area contributed by atoms with Gasteiger partial charge in [0.1, 0.15) is 6.17 Å². The Morgan fingerprint density at radius 3 is 2.31 bits per heavy atom. The summed E-state index contributed by atoms with van der Waals surface area (Å²) in [7, 11) is 4.77. The number of hydrogen-bond donors (Lipinski definition) is 0. The summed E-state index contributed by atoms with van der Waals surface area (Å²) in [5.74, 6) is 0. The molecule has 0 spiro atoms. The van der Waals surface area contributed by atoms with E-state index in [1.165, 1.54) is 56.2 Å². The first kappa shape index (κ1) is 9.47. The second-order valence-electron chi connectivity index (χ2n) is 5.09. The zero-order chi connectivity index (χ0) is 9.31. The van der Waals surface area contributed by atoms with Gasteiger partial charge < -0.3 is 4.48 Å². The van der Waals surface area contributed by atoms with E-state index in [0.717, 1.165) is 6.17 Å². The number of rotatable bonds is 1. The molecule has 0 aliphatic carbocycles. The van der Waals surface area contributed by atoms with Crippen molar-refractivity contribution in [2.75, 3.05) is 33.7 Å². The van der Waals surface area contributed by atoms with E-state index in [2.05, 4.69) is 19.0 Å². The minimum Gasteiger partial charge on any atom is -0.311 e. The van der Waals surface area contributed by atoms with Crippen LogP contribution in [0.25, 0.3) is 0 Å². The summed E-state index contributed by atoms with van der Waals surface area (Å²) in [6.45, 7) is 4.14. The van der Waals surface area contributed by atoms with E-state index in [4.69, 9.17) is 0 Å². The standard InChI is InChI=1S/C11H23N2/c1-12-8-6-7-11(12)13(2)9-4-3-5-10-13/h11H,3-10H2,1-2H3/q+1. The molecular weight excluding hydrogens is 160 g/mol. The first-order valence-corrected chi connectivity index (χ1v) is 5.77. The molecule has 1 unspecified atom stereocenters. The van der Waals surface area contributed by atoms with Crippen LogP contribution in [0.15, 0.2) is 0 Å². The van der Waals surface area contributed by atoms with Crippen LogP contribution in [0.2, 0.25) is 0 Å². The Morgan fingerprint density at radius 2 is 1.77 bits per heavy atom. The lowest BCUT2D eigenvalue weighted by Gasteiger charge is -2.45. The van der Waals surface area contributed by atoms with Crippen molar-refractivity contribution >= 4 is 0 Å². The smallest absolute Gasteiger partial charge is 0.144 e. The van der Waals surface area contributed by atoms with Crippen molar-refractivity contribution in [2.24, 2.45) is 0 Å². The highest BCUT2D eigenvalue weighted by atomic mass is 15.5. The van der Waals surface area contributed by atoms with Gasteiger partial charge in [0.25, 0.3) is 0 Å². The number of quaternary nitrogens is 1. The van der Waals surface area contributed by atoms with Crippen LogP contribution in [0.3, 0.4) is 0 Å². The maximum Gasteiger partial charge on any atom is 0.144 e. The van der Waals surface area contributed by atoms with Crippen molar-refractivity contribution in [2.45, 2.75) is 38.3 Å². The quantitative estimate of drug-likeness (QED) is 0.559. The summed E-state index contributed by atoms with van der Waals surface area (Å²) in [5, 5.41) is 0. The second-order valence-corrected chi connectivity index (χ2v) is 5.09. The first-order chi connectivity index (χ1) is 6.22. The van der Waals surface area contributed by atoms with Gasteiger partial charge in [0, 0.05) is 13.0 Å². The average molecular weight is 183 g/mol. The fourth-order valence-corrected chi connectivity index (χ4v) is 3.21. The van der Waals surface area contributed by atoms with E-state index in [0.29, 0.717) is 0 Å². The Labute approximate surface area is 82.1 Å². The summed E-state index contributed by atoms with van der Waals surface area (Å²) >= 11 is 0. The molecule has 2 fully saturated rings. The Hall–Kier alpha value is -0.0800. The van der Waals surface area contributed by atoms with Crippen molar-refractivity contribution in [3.63, 3.8) is 0 Å². The molecule has 2 aliphatic heterocycles. The predicted molar refractivity (Wildman–Crippen MR) is 55.4 cm³/mol. The topological polar surface area (TPSA) is 3.24 Å². The lowest BCUT2D eigenvalue weighted by molar-refractivity contribution is -0.946. The molecule has 2 saturated heterocycles. The molecule has 2 nitrogen and oxygen atoms in total. The Balaban J connectivity index is 2.03. The van der Waals surface area contributed by atoms with E-state index in [-0.39, 0.29) is 0 Å². The third-order valence-electron chi connectivity index (χ3n) is 4.04. The molecule has 0 aromatic heterocycles. The van der Waals surface area contributed by atoms with E-state index in [9.17, 15) is 0 Å². The summed E-state index contributed by atoms with van der Waals surface area (Å²) in [4.78, 5) is 2.57. The van der Waals surface area contributed by atoms with Gasteiger partial charge in [-0.2, -0.15) is 0 Å². The fraction of sp³-hybridized carbons (Fsp3) is 1.00. The molecule has 1 atom stereocenters. The molecule has 2 aliphatic rings. The molecule has 0 amide bonds. The minimum atomic E-state index is 0.834. The highest BCUT2D eigenvalue weighted by Gasteiger charge is 2.38.